The summed E-state index contributed by atoms with van der Waals surface area (Å²) < 4.78 is 8.95. The van der Waals surface area contributed by atoms with Gasteiger partial charge in [-0.3, -0.25) is 4.79 Å². The van der Waals surface area contributed by atoms with E-state index in [-0.39, 0.29) is 12.5 Å². The lowest BCUT2D eigenvalue weighted by atomic mass is 10.0. The number of ether oxygens (including phenoxy) is 1. The summed E-state index contributed by atoms with van der Waals surface area (Å²) in [4.78, 5) is 14.4. The van der Waals surface area contributed by atoms with Crippen LogP contribution in [0.25, 0.3) is 10.8 Å². The van der Waals surface area contributed by atoms with Gasteiger partial charge < -0.3 is 14.2 Å². The molecule has 4 rings (SSSR count). The Morgan fingerprint density at radius 1 is 1.04 bits per heavy atom. The average molecular weight is 413 g/mol. The third-order valence-corrected chi connectivity index (χ3v) is 5.86. The maximum absolute atomic E-state index is 12.5. The number of carbonyl (C=O) groups is 1. The molecule has 2 heterocycles. The number of halogens is 1. The van der Waals surface area contributed by atoms with Crippen LogP contribution in [-0.2, 0) is 4.79 Å². The monoisotopic (exact) mass is 412 g/mol. The summed E-state index contributed by atoms with van der Waals surface area (Å²) in [7, 11) is 0. The zero-order valence-corrected chi connectivity index (χ0v) is 16.1. The van der Waals surface area contributed by atoms with Crippen molar-refractivity contribution in [2.45, 2.75) is 18.9 Å². The highest BCUT2D eigenvalue weighted by molar-refractivity contribution is 9.10. The molecule has 0 saturated carbocycles. The van der Waals surface area contributed by atoms with Gasteiger partial charge in [-0.2, -0.15) is 0 Å². The van der Waals surface area contributed by atoms with Crippen molar-refractivity contribution < 1.29 is 9.53 Å². The molecule has 0 aliphatic carbocycles. The number of likely N-dealkylation sites (tertiary alicyclic amines) is 1. The van der Waals surface area contributed by atoms with Crippen LogP contribution in [0.3, 0.4) is 0 Å². The lowest BCUT2D eigenvalue weighted by Crippen LogP contribution is -2.41. The second-order valence-corrected chi connectivity index (χ2v) is 7.42. The molecule has 1 saturated heterocycles. The molecule has 2 aromatic carbocycles. The number of amides is 1. The van der Waals surface area contributed by atoms with E-state index in [1.54, 1.807) is 0 Å². The Balaban J connectivity index is 1.35. The van der Waals surface area contributed by atoms with E-state index in [1.165, 1.54) is 0 Å². The predicted molar refractivity (Wildman–Crippen MR) is 106 cm³/mol. The largest absolute Gasteiger partial charge is 0.483 e. The number of aromatic nitrogens is 1. The number of benzene rings is 2. The molecule has 0 bridgehead atoms. The summed E-state index contributed by atoms with van der Waals surface area (Å²) in [6.07, 6.45) is 6.17. The molecule has 0 unspecified atom stereocenters. The molecule has 1 aliphatic heterocycles. The lowest BCUT2D eigenvalue weighted by molar-refractivity contribution is -0.134. The Hall–Kier alpha value is -2.27. The molecule has 1 aliphatic rings. The van der Waals surface area contributed by atoms with Gasteiger partial charge in [0.2, 0.25) is 0 Å². The molecule has 134 valence electrons. The normalized spacial score (nSPS) is 15.3. The van der Waals surface area contributed by atoms with Crippen molar-refractivity contribution in [3.63, 3.8) is 0 Å². The molecule has 0 atom stereocenters. The minimum absolute atomic E-state index is 0.0519. The molecule has 1 aromatic heterocycles. The Kier molecular flexibility index (Phi) is 4.98. The van der Waals surface area contributed by atoms with Gasteiger partial charge in [0.05, 0.1) is 4.47 Å². The number of hydrogen-bond acceptors (Lipinski definition) is 2. The Labute approximate surface area is 161 Å². The molecular weight excluding hydrogens is 392 g/mol. The zero-order chi connectivity index (χ0) is 17.9. The van der Waals surface area contributed by atoms with Crippen molar-refractivity contribution in [2.75, 3.05) is 19.7 Å². The molecule has 26 heavy (non-hydrogen) atoms. The Morgan fingerprint density at radius 2 is 1.77 bits per heavy atom. The second kappa shape index (κ2) is 7.54. The maximum atomic E-state index is 12.5. The maximum Gasteiger partial charge on any atom is 0.260 e. The van der Waals surface area contributed by atoms with E-state index in [1.807, 2.05) is 47.4 Å². The van der Waals surface area contributed by atoms with E-state index >= 15 is 0 Å². The molecule has 5 heteroatoms. The minimum atomic E-state index is 0.0519. The topological polar surface area (TPSA) is 34.5 Å². The van der Waals surface area contributed by atoms with E-state index in [0.717, 1.165) is 41.2 Å². The van der Waals surface area contributed by atoms with Crippen LogP contribution in [0, 0.1) is 0 Å². The summed E-state index contributed by atoms with van der Waals surface area (Å²) in [5.41, 5.74) is 0. The fourth-order valence-corrected chi connectivity index (χ4v) is 4.17. The quantitative estimate of drug-likeness (QED) is 0.624. The van der Waals surface area contributed by atoms with Crippen LogP contribution in [-0.4, -0.2) is 35.1 Å². The molecule has 1 fully saturated rings. The first-order valence-corrected chi connectivity index (χ1v) is 9.72. The van der Waals surface area contributed by atoms with Crippen molar-refractivity contribution >= 4 is 32.6 Å². The number of fused-ring (bicyclic) bond motifs is 1. The molecule has 1 amide bonds. The third-order valence-electron chi connectivity index (χ3n) is 5.05. The zero-order valence-electron chi connectivity index (χ0n) is 14.5. The lowest BCUT2D eigenvalue weighted by Gasteiger charge is -2.32. The number of carbonyl (C=O) groups excluding carboxylic acids is 1. The van der Waals surface area contributed by atoms with E-state index in [4.69, 9.17) is 4.74 Å². The molecule has 4 nitrogen and oxygen atoms in total. The summed E-state index contributed by atoms with van der Waals surface area (Å²) >= 11 is 3.61. The molecule has 0 N–H and O–H groups in total. The predicted octanol–water partition coefficient (Wildman–Crippen LogP) is 4.65. The number of nitrogens with zero attached hydrogens (tertiary/aromatic N) is 2. The summed E-state index contributed by atoms with van der Waals surface area (Å²) in [5.74, 6) is 0.760. The first-order chi connectivity index (χ1) is 12.7. The van der Waals surface area contributed by atoms with Crippen LogP contribution >= 0.6 is 15.9 Å². The van der Waals surface area contributed by atoms with Crippen LogP contribution in [0.5, 0.6) is 5.75 Å². The average Bonchev–Trinajstić information content (AvgIpc) is 3.22. The van der Waals surface area contributed by atoms with Gasteiger partial charge in [0, 0.05) is 31.5 Å². The van der Waals surface area contributed by atoms with Gasteiger partial charge in [-0.1, -0.05) is 30.3 Å². The number of hydrogen-bond donors (Lipinski definition) is 0. The van der Waals surface area contributed by atoms with Gasteiger partial charge in [-0.15, -0.1) is 0 Å². The highest BCUT2D eigenvalue weighted by Gasteiger charge is 2.23. The van der Waals surface area contributed by atoms with Crippen LogP contribution in [0.2, 0.25) is 0 Å². The van der Waals surface area contributed by atoms with E-state index in [9.17, 15) is 4.79 Å². The van der Waals surface area contributed by atoms with Gasteiger partial charge >= 0.3 is 0 Å². The van der Waals surface area contributed by atoms with E-state index in [2.05, 4.69) is 39.0 Å². The summed E-state index contributed by atoms with van der Waals surface area (Å²) in [6.45, 7) is 1.64. The summed E-state index contributed by atoms with van der Waals surface area (Å²) in [5, 5.41) is 2.23. The molecular formula is C21H21BrN2O2. The standard InChI is InChI=1S/C21H21BrN2O2/c22-21-18-6-2-1-5-16(18)7-8-19(21)26-15-20(25)24-13-9-17(10-14-24)23-11-3-4-12-23/h1-8,11-12,17H,9-10,13-15H2. The SMILES string of the molecule is O=C(COc1ccc2ccccc2c1Br)N1CCC(n2cccc2)CC1. The Bertz CT molecular complexity index is 900. The Morgan fingerprint density at radius 3 is 2.54 bits per heavy atom. The number of piperidine rings is 1. The van der Waals surface area contributed by atoms with E-state index < -0.39 is 0 Å². The number of rotatable bonds is 4. The van der Waals surface area contributed by atoms with Crippen LogP contribution < -0.4 is 4.74 Å². The van der Waals surface area contributed by atoms with Crippen molar-refractivity contribution in [1.29, 1.82) is 0 Å². The summed E-state index contributed by atoms with van der Waals surface area (Å²) in [6, 6.07) is 16.6. The van der Waals surface area contributed by atoms with Gasteiger partial charge in [0.15, 0.2) is 6.61 Å². The van der Waals surface area contributed by atoms with Crippen molar-refractivity contribution in [1.82, 2.24) is 9.47 Å². The van der Waals surface area contributed by atoms with Crippen molar-refractivity contribution in [2.24, 2.45) is 0 Å². The fourth-order valence-electron chi connectivity index (χ4n) is 3.56. The molecule has 3 aromatic rings. The smallest absolute Gasteiger partial charge is 0.260 e. The van der Waals surface area contributed by atoms with Crippen molar-refractivity contribution in [3.05, 3.63) is 65.4 Å². The first-order valence-electron chi connectivity index (χ1n) is 8.92. The fraction of sp³-hybridized carbons (Fsp3) is 0.286. The second-order valence-electron chi connectivity index (χ2n) is 6.63. The molecule has 0 spiro atoms. The molecule has 0 radical (unpaired) electrons. The van der Waals surface area contributed by atoms with Gasteiger partial charge in [0.25, 0.3) is 5.91 Å². The van der Waals surface area contributed by atoms with Crippen LogP contribution in [0.4, 0.5) is 0 Å². The van der Waals surface area contributed by atoms with Gasteiger partial charge in [0.1, 0.15) is 5.75 Å². The van der Waals surface area contributed by atoms with Gasteiger partial charge in [-0.25, -0.2) is 0 Å². The highest BCUT2D eigenvalue weighted by Crippen LogP contribution is 2.33. The highest BCUT2D eigenvalue weighted by atomic mass is 79.9. The third kappa shape index (κ3) is 3.49. The first kappa shape index (κ1) is 17.2. The minimum Gasteiger partial charge on any atom is -0.483 e. The van der Waals surface area contributed by atoms with Crippen LogP contribution in [0.1, 0.15) is 18.9 Å². The van der Waals surface area contributed by atoms with Gasteiger partial charge in [-0.05, 0) is 57.7 Å². The van der Waals surface area contributed by atoms with E-state index in [0.29, 0.717) is 11.8 Å². The van der Waals surface area contributed by atoms with Crippen molar-refractivity contribution in [3.8, 4) is 5.75 Å². The van der Waals surface area contributed by atoms with Crippen LogP contribution in [0.15, 0.2) is 65.4 Å².